The lowest BCUT2D eigenvalue weighted by Gasteiger charge is -2.23. The summed E-state index contributed by atoms with van der Waals surface area (Å²) in [6.45, 7) is 4.94. The van der Waals surface area contributed by atoms with E-state index in [9.17, 15) is 9.59 Å². The van der Waals surface area contributed by atoms with Crippen LogP contribution in [0.3, 0.4) is 0 Å². The average molecular weight is 733 g/mol. The first kappa shape index (κ1) is 35.4. The summed E-state index contributed by atoms with van der Waals surface area (Å²) in [4.78, 5) is 28.9. The van der Waals surface area contributed by atoms with Gasteiger partial charge in [-0.05, 0) is 92.0 Å². The van der Waals surface area contributed by atoms with Crippen LogP contribution in [0.15, 0.2) is 133 Å². The monoisotopic (exact) mass is 732 g/mol. The second-order valence-electron chi connectivity index (χ2n) is 14.9. The fraction of sp³-hybridized carbons (Fsp3) is 0.192. The predicted octanol–water partition coefficient (Wildman–Crippen LogP) is 12.9. The Morgan fingerprint density at radius 1 is 0.375 bits per heavy atom. The van der Waals surface area contributed by atoms with Gasteiger partial charge >= 0.3 is 0 Å². The highest BCUT2D eigenvalue weighted by Crippen LogP contribution is 2.41. The first-order chi connectivity index (χ1) is 27.6. The van der Waals surface area contributed by atoms with E-state index < -0.39 is 0 Å². The Kier molecular flexibility index (Phi) is 9.56. The van der Waals surface area contributed by atoms with Crippen molar-refractivity contribution in [1.29, 1.82) is 0 Å². The molecule has 0 N–H and O–H groups in total. The van der Waals surface area contributed by atoms with E-state index in [1.54, 1.807) is 36.4 Å². The number of ketones is 2. The van der Waals surface area contributed by atoms with Gasteiger partial charge in [0.2, 0.25) is 5.78 Å². The molecule has 8 aromatic rings. The van der Waals surface area contributed by atoms with E-state index in [1.165, 1.54) is 32.7 Å². The summed E-state index contributed by atoms with van der Waals surface area (Å²) >= 11 is 0. The van der Waals surface area contributed by atoms with E-state index in [0.717, 1.165) is 71.2 Å². The van der Waals surface area contributed by atoms with Gasteiger partial charge in [-0.2, -0.15) is 0 Å². The highest BCUT2D eigenvalue weighted by Gasteiger charge is 2.35. The number of unbranched alkanes of at least 4 members (excludes halogenated alkanes) is 2. The molecule has 0 aromatic heterocycles. The molecule has 0 spiro atoms. The second kappa shape index (κ2) is 15.1. The van der Waals surface area contributed by atoms with E-state index >= 15 is 0 Å². The molecule has 0 fully saturated rings. The molecular formula is C52H44O4. The van der Waals surface area contributed by atoms with Crippen LogP contribution in [0.5, 0.6) is 11.5 Å². The lowest BCUT2D eigenvalue weighted by molar-refractivity contribution is 0.0971. The quantitative estimate of drug-likeness (QED) is 0.117. The molecule has 1 aliphatic rings. The molecule has 9 rings (SSSR count). The zero-order valence-corrected chi connectivity index (χ0v) is 32.0. The molecule has 0 atom stereocenters. The molecule has 0 heterocycles. The van der Waals surface area contributed by atoms with Crippen LogP contribution < -0.4 is 9.47 Å². The number of benzene rings is 8. The Labute approximate surface area is 327 Å². The zero-order valence-electron chi connectivity index (χ0n) is 32.0. The van der Waals surface area contributed by atoms with Crippen molar-refractivity contribution < 1.29 is 19.1 Å². The number of hydrogen-bond donors (Lipinski definition) is 0. The Morgan fingerprint density at radius 2 is 0.696 bits per heavy atom. The van der Waals surface area contributed by atoms with Gasteiger partial charge in [0.05, 0.1) is 11.1 Å². The van der Waals surface area contributed by atoms with Crippen LogP contribution in [0.25, 0.3) is 43.1 Å². The van der Waals surface area contributed by atoms with Crippen LogP contribution in [0.1, 0.15) is 93.6 Å². The van der Waals surface area contributed by atoms with Gasteiger partial charge in [-0.3, -0.25) is 9.59 Å². The summed E-state index contributed by atoms with van der Waals surface area (Å²) in [6, 6.07) is 44.8. The number of hydrogen-bond acceptors (Lipinski definition) is 4. The third kappa shape index (κ3) is 6.01. The molecular weight excluding hydrogens is 689 g/mol. The summed E-state index contributed by atoms with van der Waals surface area (Å²) in [5.41, 5.74) is 6.11. The third-order valence-corrected chi connectivity index (χ3v) is 11.6. The van der Waals surface area contributed by atoms with E-state index in [4.69, 9.17) is 9.47 Å². The van der Waals surface area contributed by atoms with Crippen molar-refractivity contribution in [2.45, 2.75) is 65.6 Å². The summed E-state index contributed by atoms with van der Waals surface area (Å²) in [7, 11) is 0. The van der Waals surface area contributed by atoms with E-state index in [-0.39, 0.29) is 35.9 Å². The summed E-state index contributed by atoms with van der Waals surface area (Å²) in [5, 5.41) is 9.48. The van der Waals surface area contributed by atoms with Gasteiger partial charge < -0.3 is 9.47 Å². The minimum Gasteiger partial charge on any atom is -0.488 e. The van der Waals surface area contributed by atoms with E-state index in [0.29, 0.717) is 22.6 Å². The van der Waals surface area contributed by atoms with Crippen molar-refractivity contribution in [2.24, 2.45) is 0 Å². The maximum atomic E-state index is 14.7. The highest BCUT2D eigenvalue weighted by molar-refractivity contribution is 6.30. The van der Waals surface area contributed by atoms with E-state index in [1.807, 2.05) is 0 Å². The maximum Gasteiger partial charge on any atom is 0.201 e. The molecule has 0 saturated heterocycles. The number of fused-ring (bicyclic) bond motifs is 6. The summed E-state index contributed by atoms with van der Waals surface area (Å²) in [6.07, 6.45) is 6.47. The van der Waals surface area contributed by atoms with Crippen molar-refractivity contribution in [3.63, 3.8) is 0 Å². The standard InChI is InChI=1S/C52H44O4/c1-3-5-17-33-35-19-7-11-23-39(35)45(40-24-12-8-20-36(33)40)31-55-47-29-15-27-43-49(47)52(54)50-44(51(43)53)28-16-30-48(50)56-32-46-41-25-13-9-21-37(41)34(18-6-4-2)38-22-10-14-26-42(38)46/h7-16,19-30H,3-6,17-18,31-32H2,1-2H3. The average Bonchev–Trinajstić information content (AvgIpc) is 3.24. The Hall–Kier alpha value is -6.26. The summed E-state index contributed by atoms with van der Waals surface area (Å²) < 4.78 is 13.3. The van der Waals surface area contributed by atoms with Crippen molar-refractivity contribution in [2.75, 3.05) is 0 Å². The maximum absolute atomic E-state index is 14.7. The molecule has 8 aromatic carbocycles. The lowest BCUT2D eigenvalue weighted by atomic mass is 9.83. The molecule has 0 aliphatic heterocycles. The Morgan fingerprint density at radius 3 is 1.02 bits per heavy atom. The van der Waals surface area contributed by atoms with Gasteiger partial charge in [0.1, 0.15) is 24.7 Å². The topological polar surface area (TPSA) is 52.6 Å². The first-order valence-electron chi connectivity index (χ1n) is 20.0. The second-order valence-corrected chi connectivity index (χ2v) is 14.9. The fourth-order valence-electron chi connectivity index (χ4n) is 8.89. The predicted molar refractivity (Wildman–Crippen MR) is 229 cm³/mol. The zero-order chi connectivity index (χ0) is 38.2. The Balaban J connectivity index is 1.08. The van der Waals surface area contributed by atoms with Crippen LogP contribution in [0, 0.1) is 0 Å². The van der Waals surface area contributed by atoms with Crippen LogP contribution in [0.2, 0.25) is 0 Å². The van der Waals surface area contributed by atoms with Crippen LogP contribution >= 0.6 is 0 Å². The van der Waals surface area contributed by atoms with Gasteiger partial charge in [-0.15, -0.1) is 0 Å². The SMILES string of the molecule is CCCCc1c2ccccc2c(COc2cccc3c2C(=O)c2c(OCc4c5ccccc5c(CCCC)c5ccccc45)cccc2C3=O)c2ccccc12. The lowest BCUT2D eigenvalue weighted by Crippen LogP contribution is -2.23. The number of carbonyl (C=O) groups is 2. The molecule has 0 radical (unpaired) electrons. The van der Waals surface area contributed by atoms with Gasteiger partial charge in [0.15, 0.2) is 5.78 Å². The van der Waals surface area contributed by atoms with Crippen LogP contribution in [0.4, 0.5) is 0 Å². The fourth-order valence-corrected chi connectivity index (χ4v) is 8.89. The van der Waals surface area contributed by atoms with Crippen LogP contribution in [-0.2, 0) is 26.1 Å². The van der Waals surface area contributed by atoms with Crippen molar-refractivity contribution in [3.05, 3.63) is 178 Å². The van der Waals surface area contributed by atoms with Crippen molar-refractivity contribution >= 4 is 54.7 Å². The van der Waals surface area contributed by atoms with Gasteiger partial charge in [0.25, 0.3) is 0 Å². The van der Waals surface area contributed by atoms with Crippen molar-refractivity contribution in [1.82, 2.24) is 0 Å². The smallest absolute Gasteiger partial charge is 0.201 e. The molecule has 0 unspecified atom stereocenters. The highest BCUT2D eigenvalue weighted by atomic mass is 16.5. The van der Waals surface area contributed by atoms with Gasteiger partial charge in [-0.1, -0.05) is 148 Å². The molecule has 4 heteroatoms. The molecule has 1 aliphatic carbocycles. The minimum atomic E-state index is -0.268. The van der Waals surface area contributed by atoms with Gasteiger partial charge in [0, 0.05) is 22.3 Å². The number of aryl methyl sites for hydroxylation is 2. The summed E-state index contributed by atoms with van der Waals surface area (Å²) in [5.74, 6) is 0.307. The molecule has 276 valence electrons. The number of carbonyl (C=O) groups excluding carboxylic acids is 2. The first-order valence-corrected chi connectivity index (χ1v) is 20.0. The third-order valence-electron chi connectivity index (χ3n) is 11.6. The molecule has 4 nitrogen and oxygen atoms in total. The molecule has 0 amide bonds. The normalized spacial score (nSPS) is 12.4. The van der Waals surface area contributed by atoms with Crippen molar-refractivity contribution in [3.8, 4) is 11.5 Å². The number of ether oxygens (including phenoxy) is 2. The molecule has 0 saturated carbocycles. The number of rotatable bonds is 12. The van der Waals surface area contributed by atoms with Gasteiger partial charge in [-0.25, -0.2) is 0 Å². The minimum absolute atomic E-state index is 0.210. The van der Waals surface area contributed by atoms with E-state index in [2.05, 4.69) is 111 Å². The van der Waals surface area contributed by atoms with Crippen LogP contribution in [-0.4, -0.2) is 11.6 Å². The molecule has 0 bridgehead atoms. The Bertz CT molecular complexity index is 2520. The largest absolute Gasteiger partial charge is 0.488 e. The molecule has 56 heavy (non-hydrogen) atoms.